The second kappa shape index (κ2) is 20.5. The first-order valence-electron chi connectivity index (χ1n) is 19.2. The molecule has 1 aliphatic rings. The van der Waals surface area contributed by atoms with Gasteiger partial charge in [-0.15, -0.1) is 0 Å². The summed E-state index contributed by atoms with van der Waals surface area (Å²) in [6, 6.07) is 33.6. The maximum absolute atomic E-state index is 13.4. The van der Waals surface area contributed by atoms with Gasteiger partial charge in [-0.1, -0.05) is 73.0 Å². The summed E-state index contributed by atoms with van der Waals surface area (Å²) >= 11 is 5.91. The molecular formula is C44H38N6O8S4. The van der Waals surface area contributed by atoms with Crippen LogP contribution in [0.4, 0.5) is 43.7 Å². The summed E-state index contributed by atoms with van der Waals surface area (Å²) in [7, 11) is 0. The molecule has 0 radical (unpaired) electrons. The lowest BCUT2D eigenvalue weighted by Crippen LogP contribution is -2.20. The van der Waals surface area contributed by atoms with E-state index < -0.39 is 21.9 Å². The minimum atomic E-state index is -0.532. The van der Waals surface area contributed by atoms with E-state index >= 15 is 0 Å². The van der Waals surface area contributed by atoms with Crippen molar-refractivity contribution in [3.05, 3.63) is 142 Å². The molecule has 0 atom stereocenters. The van der Waals surface area contributed by atoms with Crippen molar-refractivity contribution in [2.75, 3.05) is 34.5 Å². The van der Waals surface area contributed by atoms with E-state index in [1.807, 2.05) is 86.6 Å². The number of urea groups is 2. The van der Waals surface area contributed by atoms with Crippen molar-refractivity contribution in [2.45, 2.75) is 65.9 Å². The highest BCUT2D eigenvalue weighted by molar-refractivity contribution is 8.01. The molecule has 0 saturated carbocycles. The fraction of sp³-hybridized carbons (Fsp3) is 0.136. The summed E-state index contributed by atoms with van der Waals surface area (Å²) < 4.78 is 13.0. The summed E-state index contributed by atoms with van der Waals surface area (Å²) in [4.78, 5) is 54.8. The molecule has 8 bridgehead atoms. The number of benzene rings is 6. The zero-order valence-electron chi connectivity index (χ0n) is 33.2. The first kappa shape index (κ1) is 43.7. The molecule has 62 heavy (non-hydrogen) atoms. The second-order valence-electron chi connectivity index (χ2n) is 13.4. The molecule has 6 aromatic carbocycles. The van der Waals surface area contributed by atoms with Crippen molar-refractivity contribution in [2.24, 2.45) is 0 Å². The monoisotopic (exact) mass is 906 g/mol. The third-order valence-electron chi connectivity index (χ3n) is 8.73. The Hall–Kier alpha value is -6.34. The average molecular weight is 907 g/mol. The molecule has 18 heteroatoms. The van der Waals surface area contributed by atoms with Gasteiger partial charge >= 0.3 is 12.1 Å². The number of nitro benzene ring substituents is 2. The number of nitro groups is 2. The molecule has 0 aliphatic carbocycles. The summed E-state index contributed by atoms with van der Waals surface area (Å²) in [5, 5.41) is 33.8. The van der Waals surface area contributed by atoms with Crippen molar-refractivity contribution in [1.29, 1.82) is 0 Å². The van der Waals surface area contributed by atoms with Crippen LogP contribution in [0.15, 0.2) is 160 Å². The number of anilines is 4. The maximum atomic E-state index is 13.4. The summed E-state index contributed by atoms with van der Waals surface area (Å²) in [6.07, 6.45) is 1.49. The van der Waals surface area contributed by atoms with E-state index in [1.165, 1.54) is 95.6 Å². The zero-order chi connectivity index (χ0) is 43.6. The largest absolute Gasteiger partial charge is 0.491 e. The zero-order valence-corrected chi connectivity index (χ0v) is 36.4. The van der Waals surface area contributed by atoms with E-state index in [-0.39, 0.29) is 11.4 Å². The van der Waals surface area contributed by atoms with E-state index in [1.54, 1.807) is 0 Å². The topological polar surface area (TPSA) is 187 Å². The van der Waals surface area contributed by atoms with Crippen LogP contribution in [-0.4, -0.2) is 35.1 Å². The smallest absolute Gasteiger partial charge is 0.323 e. The number of hydrogen-bond acceptors (Lipinski definition) is 12. The second-order valence-corrected chi connectivity index (χ2v) is 17.8. The fourth-order valence-electron chi connectivity index (χ4n) is 5.93. The van der Waals surface area contributed by atoms with Gasteiger partial charge in [0, 0.05) is 55.2 Å². The molecule has 4 amide bonds. The fourth-order valence-corrected chi connectivity index (χ4v) is 10.3. The van der Waals surface area contributed by atoms with Gasteiger partial charge in [-0.2, -0.15) is 0 Å². The Morgan fingerprint density at radius 1 is 0.516 bits per heavy atom. The van der Waals surface area contributed by atoms with Crippen molar-refractivity contribution in [1.82, 2.24) is 0 Å². The number of amides is 4. The van der Waals surface area contributed by atoms with Crippen LogP contribution in [0.2, 0.25) is 0 Å². The van der Waals surface area contributed by atoms with Gasteiger partial charge in [0.1, 0.15) is 11.5 Å². The molecule has 0 aromatic heterocycles. The van der Waals surface area contributed by atoms with Crippen LogP contribution in [0.1, 0.15) is 26.7 Å². The third kappa shape index (κ3) is 11.1. The van der Waals surface area contributed by atoms with Gasteiger partial charge in [0.2, 0.25) is 0 Å². The molecule has 0 fully saturated rings. The van der Waals surface area contributed by atoms with Gasteiger partial charge in [0.25, 0.3) is 11.4 Å². The van der Waals surface area contributed by atoms with E-state index in [0.717, 1.165) is 42.2 Å². The Labute approximate surface area is 373 Å². The molecule has 1 heterocycles. The predicted molar refractivity (Wildman–Crippen MR) is 245 cm³/mol. The van der Waals surface area contributed by atoms with Gasteiger partial charge < -0.3 is 30.7 Å². The van der Waals surface area contributed by atoms with Gasteiger partial charge in [-0.3, -0.25) is 20.2 Å². The number of carbonyl (C=O) groups is 2. The number of hydrogen-bond donors (Lipinski definition) is 4. The molecule has 0 spiro atoms. The molecule has 4 N–H and O–H groups in total. The summed E-state index contributed by atoms with van der Waals surface area (Å²) in [5.74, 6) is 1.20. The van der Waals surface area contributed by atoms with Gasteiger partial charge in [-0.05, 0) is 97.8 Å². The van der Waals surface area contributed by atoms with Crippen molar-refractivity contribution < 1.29 is 28.9 Å². The normalized spacial score (nSPS) is 11.8. The highest BCUT2D eigenvalue weighted by Crippen LogP contribution is 2.51. The number of nitrogens with zero attached hydrogens (tertiary/aromatic N) is 2. The minimum absolute atomic E-state index is 0.0852. The first-order valence-corrected chi connectivity index (χ1v) is 22.5. The number of non-ortho nitro benzene ring substituents is 2. The lowest BCUT2D eigenvalue weighted by atomic mass is 10.3. The molecule has 6 aromatic rings. The summed E-state index contributed by atoms with van der Waals surface area (Å²) in [5.41, 5.74) is 1.63. The summed E-state index contributed by atoms with van der Waals surface area (Å²) in [6.45, 7) is 4.89. The highest BCUT2D eigenvalue weighted by atomic mass is 32.2. The SMILES string of the molecule is CCCOc1c2ccc(NC(=O)Nc3ccc([N+](=O)[O-])cc3)c1Sc1cccc(c1)Sc1ccc(NC(=O)Nc3ccc([N+](=O)[O-])cc3)c(c1OCCC)Sc1cccc(c1)S2. The average Bonchev–Trinajstić information content (AvgIpc) is 3.25. The van der Waals surface area contributed by atoms with Crippen LogP contribution in [-0.2, 0) is 0 Å². The van der Waals surface area contributed by atoms with Crippen molar-refractivity contribution in [3.63, 3.8) is 0 Å². The standard InChI is InChI=1S/C44H38N6O8S4/c1-3-23-57-39-37-21-19-35(47-43(51)45-27-11-15-29(16-12-27)49(53)54)41(39)61-33-9-6-8-32(26-33)60-38-22-20-36(48-44(52)46-28-13-17-30(18-14-28)50(55)56)42(40(38)58-24-4-2)62-34-10-5-7-31(25-34)59-37/h5-22,25-26H,3-4,23-24H2,1-2H3,(H2,45,47,51)(H2,46,48,52). The van der Waals surface area contributed by atoms with Crippen LogP contribution in [0, 0.1) is 20.2 Å². The quantitative estimate of drug-likeness (QED) is 0.0672. The minimum Gasteiger partial charge on any atom is -0.491 e. The van der Waals surface area contributed by atoms with Gasteiger partial charge in [0.15, 0.2) is 0 Å². The van der Waals surface area contributed by atoms with Crippen molar-refractivity contribution >= 4 is 93.2 Å². The lowest BCUT2D eigenvalue weighted by Gasteiger charge is -2.21. The molecule has 7 rings (SSSR count). The van der Waals surface area contributed by atoms with Crippen LogP contribution in [0.25, 0.3) is 0 Å². The van der Waals surface area contributed by atoms with E-state index in [0.29, 0.717) is 57.3 Å². The van der Waals surface area contributed by atoms with E-state index in [4.69, 9.17) is 9.47 Å². The number of rotatable bonds is 12. The number of ether oxygens (including phenoxy) is 2. The Morgan fingerprint density at radius 2 is 0.887 bits per heavy atom. The van der Waals surface area contributed by atoms with Crippen LogP contribution in [0.3, 0.4) is 0 Å². The first-order chi connectivity index (χ1) is 30.1. The predicted octanol–water partition coefficient (Wildman–Crippen LogP) is 13.3. The van der Waals surface area contributed by atoms with Crippen molar-refractivity contribution in [3.8, 4) is 11.5 Å². The number of carbonyl (C=O) groups excluding carboxylic acids is 2. The Morgan fingerprint density at radius 3 is 1.24 bits per heavy atom. The molecule has 0 saturated heterocycles. The van der Waals surface area contributed by atoms with Crippen LogP contribution in [0.5, 0.6) is 11.5 Å². The van der Waals surface area contributed by atoms with E-state index in [9.17, 15) is 29.8 Å². The number of fused-ring (bicyclic) bond motifs is 8. The lowest BCUT2D eigenvalue weighted by molar-refractivity contribution is -0.385. The van der Waals surface area contributed by atoms with Crippen LogP contribution < -0.4 is 30.7 Å². The number of nitrogens with one attached hydrogen (secondary N) is 4. The highest BCUT2D eigenvalue weighted by Gasteiger charge is 2.23. The Balaban J connectivity index is 1.27. The molecule has 14 nitrogen and oxygen atoms in total. The van der Waals surface area contributed by atoms with E-state index in [2.05, 4.69) is 21.3 Å². The maximum Gasteiger partial charge on any atom is 0.323 e. The Kier molecular flexibility index (Phi) is 14.4. The molecule has 316 valence electrons. The molecular weight excluding hydrogens is 869 g/mol. The third-order valence-corrected chi connectivity index (χ3v) is 13.0. The molecule has 0 unspecified atom stereocenters. The van der Waals surface area contributed by atoms with Gasteiger partial charge in [0.05, 0.1) is 54.0 Å². The molecule has 1 aliphatic heterocycles. The van der Waals surface area contributed by atoms with Crippen LogP contribution >= 0.6 is 47.0 Å². The van der Waals surface area contributed by atoms with Gasteiger partial charge in [-0.25, -0.2) is 9.59 Å². The Bertz CT molecular complexity index is 2450.